The van der Waals surface area contributed by atoms with Gasteiger partial charge in [0, 0.05) is 50.5 Å². The van der Waals surface area contributed by atoms with E-state index in [0.717, 1.165) is 5.82 Å². The Morgan fingerprint density at radius 2 is 1.70 bits per heavy atom. The Balaban J connectivity index is 1.39. The van der Waals surface area contributed by atoms with Crippen LogP contribution in [0.5, 0.6) is 11.5 Å². The lowest BCUT2D eigenvalue weighted by molar-refractivity contribution is -0.143. The number of phenols is 1. The average Bonchev–Trinajstić information content (AvgIpc) is 2.96. The van der Waals surface area contributed by atoms with Gasteiger partial charge < -0.3 is 19.6 Å². The van der Waals surface area contributed by atoms with Crippen LogP contribution < -0.4 is 9.64 Å². The summed E-state index contributed by atoms with van der Waals surface area (Å²) in [6.07, 6.45) is -8.22. The topological polar surface area (TPSA) is 69.1 Å². The Morgan fingerprint density at radius 3 is 2.37 bits per heavy atom. The zero-order valence-electron chi connectivity index (χ0n) is 23.3. The number of pyridine rings is 1. The Kier molecular flexibility index (Phi) is 8.46. The molecule has 43 heavy (non-hydrogen) atoms. The van der Waals surface area contributed by atoms with Crippen molar-refractivity contribution in [1.82, 2.24) is 14.8 Å². The molecule has 2 aromatic carbocycles. The van der Waals surface area contributed by atoms with Gasteiger partial charge in [-0.15, -0.1) is 0 Å². The molecule has 0 spiro atoms. The molecular weight excluding hydrogens is 578 g/mol. The summed E-state index contributed by atoms with van der Waals surface area (Å²) >= 11 is 0. The fourth-order valence-corrected chi connectivity index (χ4v) is 5.45. The quantitative estimate of drug-likeness (QED) is 0.378. The summed E-state index contributed by atoms with van der Waals surface area (Å²) in [5.74, 6) is 0.540. The van der Waals surface area contributed by atoms with Crippen LogP contribution >= 0.6 is 0 Å². The van der Waals surface area contributed by atoms with E-state index in [1.807, 2.05) is 6.07 Å². The van der Waals surface area contributed by atoms with E-state index in [-0.39, 0.29) is 24.8 Å². The summed E-state index contributed by atoms with van der Waals surface area (Å²) in [7, 11) is 0. The van der Waals surface area contributed by atoms with Crippen LogP contribution in [0, 0.1) is 6.92 Å². The molecule has 1 fully saturated rings. The third kappa shape index (κ3) is 6.98. The molecule has 1 saturated heterocycles. The highest BCUT2D eigenvalue weighted by molar-refractivity contribution is 5.95. The number of carbonyl (C=O) groups excluding carboxylic acids is 1. The van der Waals surface area contributed by atoms with Gasteiger partial charge in [0.2, 0.25) is 0 Å². The number of phenolic OH excluding ortho intramolecular Hbond substituents is 1. The van der Waals surface area contributed by atoms with Gasteiger partial charge in [-0.1, -0.05) is 12.1 Å². The number of hydrogen-bond acceptors (Lipinski definition) is 6. The molecule has 0 aliphatic carbocycles. The lowest BCUT2D eigenvalue weighted by Gasteiger charge is -2.42. The summed E-state index contributed by atoms with van der Waals surface area (Å²) < 4.78 is 86.8. The molecule has 0 saturated carbocycles. The highest BCUT2D eigenvalue weighted by Crippen LogP contribution is 2.37. The van der Waals surface area contributed by atoms with Crippen LogP contribution in [0.2, 0.25) is 0 Å². The van der Waals surface area contributed by atoms with Crippen LogP contribution in [0.1, 0.15) is 32.6 Å². The largest absolute Gasteiger partial charge is 0.508 e. The van der Waals surface area contributed by atoms with E-state index in [0.29, 0.717) is 68.3 Å². The second-order valence-corrected chi connectivity index (χ2v) is 10.7. The van der Waals surface area contributed by atoms with Gasteiger partial charge in [0.05, 0.1) is 17.7 Å². The van der Waals surface area contributed by atoms with Gasteiger partial charge in [0.15, 0.2) is 11.6 Å². The Labute approximate surface area is 244 Å². The highest BCUT2D eigenvalue weighted by Gasteiger charge is 2.39. The van der Waals surface area contributed by atoms with Crippen molar-refractivity contribution >= 4 is 11.7 Å². The fourth-order valence-electron chi connectivity index (χ4n) is 5.45. The highest BCUT2D eigenvalue weighted by atomic mass is 19.4. The number of carbonyl (C=O) groups is 1. The monoisotopic (exact) mass is 608 g/mol. The fraction of sp³-hybridized carbons (Fsp3) is 0.400. The molecular formula is C30H30F6N4O3. The second kappa shape index (κ2) is 11.9. The SMILES string of the molecule is Cc1ccc(C[C@@H]2CN(CCN3CCOc4cccnc43)CCN2C(=O)c2cc(C(F)(F)F)cc(C(F)(F)F)c2)cc1O. The maximum Gasteiger partial charge on any atom is 0.416 e. The van der Waals surface area contributed by atoms with E-state index in [1.165, 1.54) is 4.90 Å². The van der Waals surface area contributed by atoms with Gasteiger partial charge in [-0.3, -0.25) is 9.69 Å². The number of piperazine rings is 1. The van der Waals surface area contributed by atoms with Crippen LogP contribution in [-0.4, -0.2) is 77.7 Å². The maximum absolute atomic E-state index is 13.6. The molecule has 2 aliphatic rings. The minimum absolute atomic E-state index is 0.0138. The summed E-state index contributed by atoms with van der Waals surface area (Å²) in [4.78, 5) is 23.6. The average molecular weight is 609 g/mol. The molecule has 2 aliphatic heterocycles. The zero-order valence-corrected chi connectivity index (χ0v) is 23.3. The molecule has 1 atom stereocenters. The lowest BCUT2D eigenvalue weighted by atomic mass is 9.98. The van der Waals surface area contributed by atoms with E-state index in [1.54, 1.807) is 37.4 Å². The zero-order chi connectivity index (χ0) is 30.9. The second-order valence-electron chi connectivity index (χ2n) is 10.7. The van der Waals surface area contributed by atoms with Crippen molar-refractivity contribution in [3.05, 3.63) is 82.5 Å². The first-order valence-corrected chi connectivity index (χ1v) is 13.7. The number of rotatable bonds is 6. The van der Waals surface area contributed by atoms with E-state index in [9.17, 15) is 36.2 Å². The summed E-state index contributed by atoms with van der Waals surface area (Å²) in [6.45, 7) is 4.82. The van der Waals surface area contributed by atoms with Gasteiger partial charge >= 0.3 is 12.4 Å². The van der Waals surface area contributed by atoms with Crippen LogP contribution in [-0.2, 0) is 18.8 Å². The normalized spacial score (nSPS) is 17.9. The van der Waals surface area contributed by atoms with Gasteiger partial charge in [0.1, 0.15) is 12.4 Å². The van der Waals surface area contributed by atoms with Crippen molar-refractivity contribution < 1.29 is 41.0 Å². The summed E-state index contributed by atoms with van der Waals surface area (Å²) in [5.41, 5.74) is -2.43. The number of amides is 1. The Morgan fingerprint density at radius 1 is 0.977 bits per heavy atom. The molecule has 5 rings (SSSR count). The number of aromatic hydroxyl groups is 1. The Bertz CT molecular complexity index is 1450. The standard InChI is InChI=1S/C30H30F6N4O3/c1-19-4-5-20(14-25(19)41)13-24-18-38(7-9-39-11-12-43-26-3-2-6-37-27(26)39)8-10-40(24)28(42)21-15-22(29(31,32)33)17-23(16-21)30(34,35)36/h2-6,14-17,24,41H,7-13,18H2,1H3/t24-/m1/s1. The number of aromatic nitrogens is 1. The number of anilines is 1. The minimum atomic E-state index is -5.07. The van der Waals surface area contributed by atoms with Crippen LogP contribution in [0.3, 0.4) is 0 Å². The van der Waals surface area contributed by atoms with E-state index < -0.39 is 41.0 Å². The molecule has 230 valence electrons. The van der Waals surface area contributed by atoms with Gasteiger partial charge in [-0.25, -0.2) is 4.98 Å². The molecule has 0 bridgehead atoms. The molecule has 0 radical (unpaired) electrons. The van der Waals surface area contributed by atoms with Crippen molar-refractivity contribution in [3.63, 3.8) is 0 Å². The Hall–Kier alpha value is -4.00. The molecule has 1 N–H and O–H groups in total. The van der Waals surface area contributed by atoms with Gasteiger partial charge in [0.25, 0.3) is 5.91 Å². The van der Waals surface area contributed by atoms with Crippen LogP contribution in [0.4, 0.5) is 32.2 Å². The first-order chi connectivity index (χ1) is 20.3. The molecule has 1 amide bonds. The van der Waals surface area contributed by atoms with Gasteiger partial charge in [-0.2, -0.15) is 26.3 Å². The van der Waals surface area contributed by atoms with E-state index >= 15 is 0 Å². The number of halogens is 6. The third-order valence-electron chi connectivity index (χ3n) is 7.76. The molecule has 1 aromatic heterocycles. The van der Waals surface area contributed by atoms with Gasteiger partial charge in [-0.05, 0) is 60.9 Å². The van der Waals surface area contributed by atoms with Crippen molar-refractivity contribution in [2.45, 2.75) is 31.7 Å². The smallest absolute Gasteiger partial charge is 0.416 e. The number of nitrogens with zero attached hydrogens (tertiary/aromatic N) is 4. The third-order valence-corrected chi connectivity index (χ3v) is 7.76. The van der Waals surface area contributed by atoms with Crippen molar-refractivity contribution in [2.24, 2.45) is 0 Å². The van der Waals surface area contributed by atoms with Crippen LogP contribution in [0.15, 0.2) is 54.7 Å². The molecule has 7 nitrogen and oxygen atoms in total. The van der Waals surface area contributed by atoms with Crippen molar-refractivity contribution in [1.29, 1.82) is 0 Å². The molecule has 3 heterocycles. The predicted molar refractivity (Wildman–Crippen MR) is 146 cm³/mol. The number of hydrogen-bond donors (Lipinski definition) is 1. The summed E-state index contributed by atoms with van der Waals surface area (Å²) in [5, 5.41) is 10.2. The van der Waals surface area contributed by atoms with E-state index in [4.69, 9.17) is 4.74 Å². The number of alkyl halides is 6. The lowest BCUT2D eigenvalue weighted by Crippen LogP contribution is -2.57. The molecule has 3 aromatic rings. The van der Waals surface area contributed by atoms with Crippen molar-refractivity contribution in [2.75, 3.05) is 50.8 Å². The maximum atomic E-state index is 13.6. The first-order valence-electron chi connectivity index (χ1n) is 13.7. The van der Waals surface area contributed by atoms with Crippen LogP contribution in [0.25, 0.3) is 0 Å². The van der Waals surface area contributed by atoms with E-state index in [2.05, 4.69) is 14.8 Å². The molecule has 0 unspecified atom stereocenters. The number of aryl methyl sites for hydroxylation is 1. The predicted octanol–water partition coefficient (Wildman–Crippen LogP) is 5.40. The number of fused-ring (bicyclic) bond motifs is 1. The minimum Gasteiger partial charge on any atom is -0.508 e. The number of benzene rings is 2. The van der Waals surface area contributed by atoms with Crippen molar-refractivity contribution in [3.8, 4) is 11.5 Å². The summed E-state index contributed by atoms with van der Waals surface area (Å²) in [6, 6.07) is 9.05. The number of ether oxygens (including phenoxy) is 1. The molecule has 13 heteroatoms. The first kappa shape index (κ1) is 30.5.